The van der Waals surface area contributed by atoms with Gasteiger partial charge in [-0.3, -0.25) is 0 Å². The summed E-state index contributed by atoms with van der Waals surface area (Å²) >= 11 is 0. The van der Waals surface area contributed by atoms with Crippen molar-refractivity contribution in [2.75, 3.05) is 7.11 Å². The Hall–Kier alpha value is -1.41. The zero-order valence-electron chi connectivity index (χ0n) is 9.21. The average Bonchev–Trinajstić information content (AvgIpc) is 2.26. The van der Waals surface area contributed by atoms with E-state index in [1.165, 1.54) is 6.07 Å². The van der Waals surface area contributed by atoms with Crippen molar-refractivity contribution < 1.29 is 9.50 Å². The van der Waals surface area contributed by atoms with E-state index in [1.54, 1.807) is 0 Å². The first-order valence-corrected chi connectivity index (χ1v) is 4.79. The Balaban J connectivity index is 0.000000531. The van der Waals surface area contributed by atoms with Crippen LogP contribution in [0.1, 0.15) is 11.1 Å². The van der Waals surface area contributed by atoms with E-state index < -0.39 is 0 Å². The van der Waals surface area contributed by atoms with Crippen molar-refractivity contribution in [3.63, 3.8) is 0 Å². The van der Waals surface area contributed by atoms with E-state index in [4.69, 9.17) is 5.11 Å². The third kappa shape index (κ3) is 2.16. The van der Waals surface area contributed by atoms with Crippen LogP contribution in [0, 0.1) is 19.7 Å². The molecule has 0 fully saturated rings. The topological polar surface area (TPSA) is 20.2 Å². The first-order valence-electron chi connectivity index (χ1n) is 4.79. The second kappa shape index (κ2) is 4.89. The van der Waals surface area contributed by atoms with Gasteiger partial charge in [0.25, 0.3) is 0 Å². The number of aliphatic hydroxyl groups is 1. The van der Waals surface area contributed by atoms with Gasteiger partial charge in [0, 0.05) is 7.11 Å². The lowest BCUT2D eigenvalue weighted by Crippen LogP contribution is -1.87. The van der Waals surface area contributed by atoms with Gasteiger partial charge in [-0.25, -0.2) is 4.39 Å². The number of halogens is 1. The van der Waals surface area contributed by atoms with E-state index in [2.05, 4.69) is 0 Å². The summed E-state index contributed by atoms with van der Waals surface area (Å²) in [6.45, 7) is 3.83. The molecule has 0 spiro atoms. The molecule has 2 heteroatoms. The van der Waals surface area contributed by atoms with Gasteiger partial charge in [0.2, 0.25) is 0 Å². The Bertz CT molecular complexity index is 463. The Morgan fingerprint density at radius 2 is 1.67 bits per heavy atom. The maximum Gasteiger partial charge on any atom is 0.126 e. The van der Waals surface area contributed by atoms with Gasteiger partial charge in [0.05, 0.1) is 0 Å². The van der Waals surface area contributed by atoms with Crippen LogP contribution in [0.5, 0.6) is 0 Å². The minimum absolute atomic E-state index is 0.123. The Labute approximate surface area is 89.2 Å². The molecular formula is C13H15FO. The Kier molecular flexibility index (Phi) is 3.81. The molecule has 0 bridgehead atoms. The number of benzene rings is 2. The smallest absolute Gasteiger partial charge is 0.126 e. The van der Waals surface area contributed by atoms with Crippen LogP contribution < -0.4 is 0 Å². The monoisotopic (exact) mass is 206 g/mol. The second-order valence-corrected chi connectivity index (χ2v) is 3.35. The van der Waals surface area contributed by atoms with Gasteiger partial charge in [0.15, 0.2) is 0 Å². The van der Waals surface area contributed by atoms with Gasteiger partial charge in [-0.1, -0.05) is 24.3 Å². The summed E-state index contributed by atoms with van der Waals surface area (Å²) in [5.74, 6) is -0.123. The van der Waals surface area contributed by atoms with Crippen LogP contribution >= 0.6 is 0 Å². The zero-order chi connectivity index (χ0) is 11.4. The first-order chi connectivity index (χ1) is 7.20. The van der Waals surface area contributed by atoms with Gasteiger partial charge >= 0.3 is 0 Å². The predicted octanol–water partition coefficient (Wildman–Crippen LogP) is 3.20. The summed E-state index contributed by atoms with van der Waals surface area (Å²) in [7, 11) is 1.00. The fraction of sp³-hybridized carbons (Fsp3) is 0.231. The average molecular weight is 206 g/mol. The highest BCUT2D eigenvalue weighted by Gasteiger charge is 2.03. The van der Waals surface area contributed by atoms with Crippen molar-refractivity contribution in [2.45, 2.75) is 13.8 Å². The number of aryl methyl sites for hydroxylation is 2. The molecule has 80 valence electrons. The molecule has 0 aromatic heterocycles. The van der Waals surface area contributed by atoms with E-state index >= 15 is 0 Å². The van der Waals surface area contributed by atoms with Crippen LogP contribution in [0.3, 0.4) is 0 Å². The summed E-state index contributed by atoms with van der Waals surface area (Å²) < 4.78 is 13.2. The molecule has 0 unspecified atom stereocenters. The Morgan fingerprint density at radius 3 is 2.33 bits per heavy atom. The quantitative estimate of drug-likeness (QED) is 0.701. The highest BCUT2D eigenvalue weighted by molar-refractivity contribution is 5.88. The van der Waals surface area contributed by atoms with Crippen molar-refractivity contribution in [3.8, 4) is 0 Å². The number of aliphatic hydroxyl groups excluding tert-OH is 1. The molecule has 2 aromatic rings. The minimum Gasteiger partial charge on any atom is -0.400 e. The molecular weight excluding hydrogens is 191 g/mol. The zero-order valence-corrected chi connectivity index (χ0v) is 9.21. The van der Waals surface area contributed by atoms with Crippen LogP contribution in [0.4, 0.5) is 4.39 Å². The molecule has 0 aliphatic rings. The van der Waals surface area contributed by atoms with Crippen LogP contribution in [-0.4, -0.2) is 12.2 Å². The lowest BCUT2D eigenvalue weighted by atomic mass is 10.0. The summed E-state index contributed by atoms with van der Waals surface area (Å²) in [5.41, 5.74) is 1.88. The molecule has 2 rings (SSSR count). The predicted molar refractivity (Wildman–Crippen MR) is 61.5 cm³/mol. The molecule has 0 amide bonds. The Morgan fingerprint density at radius 1 is 1.00 bits per heavy atom. The molecule has 2 aromatic carbocycles. The molecule has 0 radical (unpaired) electrons. The van der Waals surface area contributed by atoms with E-state index in [0.29, 0.717) is 0 Å². The largest absolute Gasteiger partial charge is 0.400 e. The van der Waals surface area contributed by atoms with Crippen LogP contribution in [0.15, 0.2) is 30.3 Å². The normalized spacial score (nSPS) is 9.67. The molecule has 0 saturated carbocycles. The second-order valence-electron chi connectivity index (χ2n) is 3.35. The summed E-state index contributed by atoms with van der Waals surface area (Å²) in [6, 6.07) is 9.36. The van der Waals surface area contributed by atoms with Crippen LogP contribution in [0.25, 0.3) is 10.8 Å². The highest BCUT2D eigenvalue weighted by atomic mass is 19.1. The minimum atomic E-state index is -0.123. The lowest BCUT2D eigenvalue weighted by Gasteiger charge is -2.05. The fourth-order valence-corrected chi connectivity index (χ4v) is 1.75. The van der Waals surface area contributed by atoms with Crippen molar-refractivity contribution >= 4 is 10.8 Å². The van der Waals surface area contributed by atoms with Gasteiger partial charge in [-0.05, 0) is 41.8 Å². The van der Waals surface area contributed by atoms with E-state index in [-0.39, 0.29) is 5.82 Å². The molecule has 0 heterocycles. The van der Waals surface area contributed by atoms with E-state index in [0.717, 1.165) is 29.0 Å². The van der Waals surface area contributed by atoms with Gasteiger partial charge < -0.3 is 5.11 Å². The van der Waals surface area contributed by atoms with Crippen molar-refractivity contribution in [1.82, 2.24) is 0 Å². The summed E-state index contributed by atoms with van der Waals surface area (Å²) in [6.07, 6.45) is 0. The third-order valence-electron chi connectivity index (χ3n) is 2.45. The molecule has 15 heavy (non-hydrogen) atoms. The van der Waals surface area contributed by atoms with Gasteiger partial charge in [-0.15, -0.1) is 0 Å². The summed E-state index contributed by atoms with van der Waals surface area (Å²) in [5, 5.41) is 9.15. The maximum absolute atomic E-state index is 13.2. The van der Waals surface area contributed by atoms with Crippen molar-refractivity contribution in [1.29, 1.82) is 0 Å². The molecule has 0 aliphatic carbocycles. The lowest BCUT2D eigenvalue weighted by molar-refractivity contribution is 0.399. The number of hydrogen-bond acceptors (Lipinski definition) is 1. The molecule has 1 nitrogen and oxygen atoms in total. The SMILES string of the molecule is CO.Cc1cccc2ccc(F)c(C)c12. The summed E-state index contributed by atoms with van der Waals surface area (Å²) in [4.78, 5) is 0. The number of fused-ring (bicyclic) bond motifs is 1. The standard InChI is InChI=1S/C12H11F.CH4O/c1-8-4-3-5-10-6-7-11(13)9(2)12(8)10;1-2/h3-7H,1-2H3;2H,1H3. The van der Waals surface area contributed by atoms with Gasteiger partial charge in [0.1, 0.15) is 5.82 Å². The van der Waals surface area contributed by atoms with Crippen molar-refractivity contribution in [3.05, 3.63) is 47.3 Å². The van der Waals surface area contributed by atoms with Gasteiger partial charge in [-0.2, -0.15) is 0 Å². The number of rotatable bonds is 0. The number of hydrogen-bond donors (Lipinski definition) is 1. The molecule has 0 saturated heterocycles. The van der Waals surface area contributed by atoms with E-state index in [1.807, 2.05) is 38.1 Å². The maximum atomic E-state index is 13.2. The third-order valence-corrected chi connectivity index (χ3v) is 2.45. The van der Waals surface area contributed by atoms with Crippen LogP contribution in [0.2, 0.25) is 0 Å². The van der Waals surface area contributed by atoms with Crippen molar-refractivity contribution in [2.24, 2.45) is 0 Å². The first kappa shape index (κ1) is 11.7. The van der Waals surface area contributed by atoms with E-state index in [9.17, 15) is 4.39 Å². The molecule has 0 atom stereocenters. The molecule has 0 aliphatic heterocycles. The van der Waals surface area contributed by atoms with Crippen LogP contribution in [-0.2, 0) is 0 Å². The molecule has 1 N–H and O–H groups in total. The fourth-order valence-electron chi connectivity index (χ4n) is 1.75. The highest BCUT2D eigenvalue weighted by Crippen LogP contribution is 2.23.